The molecule has 2 aromatic rings. The van der Waals surface area contributed by atoms with E-state index in [1.165, 1.54) is 0 Å². The summed E-state index contributed by atoms with van der Waals surface area (Å²) in [7, 11) is 0. The first-order valence-corrected chi connectivity index (χ1v) is 8.56. The van der Waals surface area contributed by atoms with Crippen molar-refractivity contribution in [1.29, 1.82) is 0 Å². The number of aryl methyl sites for hydroxylation is 1. The standard InChI is InChI=1S/C18H24N4O2/c1-3-21(18(23)16-12-14(2)24-20-16)13-15-7-10-22(11-8-15)17-6-4-5-9-19-17/h4-6,9,12,15H,3,7-8,10-11,13H2,1-2H3. The normalized spacial score (nSPS) is 15.5. The Morgan fingerprint density at radius 2 is 2.17 bits per heavy atom. The Balaban J connectivity index is 1.55. The maximum absolute atomic E-state index is 12.5. The molecular formula is C18H24N4O2. The fraction of sp³-hybridized carbons (Fsp3) is 0.500. The number of hydrogen-bond donors (Lipinski definition) is 0. The molecule has 1 aliphatic rings. The Bertz CT molecular complexity index is 663. The van der Waals surface area contributed by atoms with Crippen LogP contribution in [0.4, 0.5) is 5.82 Å². The zero-order valence-electron chi connectivity index (χ0n) is 14.3. The van der Waals surface area contributed by atoms with Crippen LogP contribution in [0.1, 0.15) is 36.0 Å². The van der Waals surface area contributed by atoms with Crippen molar-refractivity contribution in [2.75, 3.05) is 31.1 Å². The van der Waals surface area contributed by atoms with Gasteiger partial charge in [0.25, 0.3) is 5.91 Å². The number of nitrogens with zero attached hydrogens (tertiary/aromatic N) is 4. The smallest absolute Gasteiger partial charge is 0.276 e. The number of aromatic nitrogens is 2. The average molecular weight is 328 g/mol. The largest absolute Gasteiger partial charge is 0.361 e. The minimum Gasteiger partial charge on any atom is -0.361 e. The quantitative estimate of drug-likeness (QED) is 0.844. The molecule has 0 aromatic carbocycles. The number of hydrogen-bond acceptors (Lipinski definition) is 5. The summed E-state index contributed by atoms with van der Waals surface area (Å²) in [4.78, 5) is 21.1. The van der Waals surface area contributed by atoms with Crippen LogP contribution < -0.4 is 4.90 Å². The molecule has 1 aliphatic heterocycles. The summed E-state index contributed by atoms with van der Waals surface area (Å²) in [6, 6.07) is 7.71. The van der Waals surface area contributed by atoms with Crippen molar-refractivity contribution in [2.45, 2.75) is 26.7 Å². The zero-order valence-corrected chi connectivity index (χ0v) is 14.3. The SMILES string of the molecule is CCN(CC1CCN(c2ccccn2)CC1)C(=O)c1cc(C)on1. The van der Waals surface area contributed by atoms with Crippen molar-refractivity contribution in [3.8, 4) is 0 Å². The average Bonchev–Trinajstić information content (AvgIpc) is 3.07. The molecule has 24 heavy (non-hydrogen) atoms. The molecule has 3 heterocycles. The summed E-state index contributed by atoms with van der Waals surface area (Å²) in [6.07, 6.45) is 3.97. The Morgan fingerprint density at radius 1 is 1.38 bits per heavy atom. The highest BCUT2D eigenvalue weighted by Gasteiger charge is 2.25. The lowest BCUT2D eigenvalue weighted by atomic mass is 9.96. The molecule has 0 unspecified atom stereocenters. The summed E-state index contributed by atoms with van der Waals surface area (Å²) in [5.41, 5.74) is 0.403. The van der Waals surface area contributed by atoms with E-state index in [2.05, 4.69) is 21.1 Å². The number of carbonyl (C=O) groups excluding carboxylic acids is 1. The summed E-state index contributed by atoms with van der Waals surface area (Å²) in [5.74, 6) is 2.18. The number of piperidine rings is 1. The highest BCUT2D eigenvalue weighted by molar-refractivity contribution is 5.92. The van der Waals surface area contributed by atoms with E-state index in [0.717, 1.165) is 38.3 Å². The molecule has 0 saturated carbocycles. The van der Waals surface area contributed by atoms with Gasteiger partial charge in [0, 0.05) is 38.4 Å². The number of pyridine rings is 1. The minimum absolute atomic E-state index is 0.0403. The fourth-order valence-electron chi connectivity index (χ4n) is 3.18. The van der Waals surface area contributed by atoms with Crippen LogP contribution in [0.5, 0.6) is 0 Å². The molecular weight excluding hydrogens is 304 g/mol. The van der Waals surface area contributed by atoms with E-state index in [9.17, 15) is 4.79 Å². The van der Waals surface area contributed by atoms with Gasteiger partial charge in [-0.25, -0.2) is 4.98 Å². The summed E-state index contributed by atoms with van der Waals surface area (Å²) in [5, 5.41) is 3.85. The maximum Gasteiger partial charge on any atom is 0.276 e. The molecule has 2 aromatic heterocycles. The highest BCUT2D eigenvalue weighted by atomic mass is 16.5. The molecule has 6 heteroatoms. The number of rotatable bonds is 5. The van der Waals surface area contributed by atoms with Gasteiger partial charge in [0.1, 0.15) is 11.6 Å². The predicted molar refractivity (Wildman–Crippen MR) is 92.0 cm³/mol. The van der Waals surface area contributed by atoms with Crippen LogP contribution in [0, 0.1) is 12.8 Å². The Morgan fingerprint density at radius 3 is 2.75 bits per heavy atom. The number of anilines is 1. The summed E-state index contributed by atoms with van der Waals surface area (Å²) < 4.78 is 5.02. The van der Waals surface area contributed by atoms with Gasteiger partial charge in [-0.1, -0.05) is 11.2 Å². The van der Waals surface area contributed by atoms with E-state index in [1.54, 1.807) is 13.0 Å². The molecule has 0 aliphatic carbocycles. The molecule has 0 bridgehead atoms. The van der Waals surface area contributed by atoms with Crippen LogP contribution in [0.15, 0.2) is 35.0 Å². The fourth-order valence-corrected chi connectivity index (χ4v) is 3.18. The maximum atomic E-state index is 12.5. The zero-order chi connectivity index (χ0) is 16.9. The van der Waals surface area contributed by atoms with Crippen LogP contribution in [0.25, 0.3) is 0 Å². The van der Waals surface area contributed by atoms with Crippen LogP contribution in [0.3, 0.4) is 0 Å². The van der Waals surface area contributed by atoms with Crippen LogP contribution in [-0.4, -0.2) is 47.1 Å². The Labute approximate surface area is 142 Å². The second kappa shape index (κ2) is 7.47. The second-order valence-corrected chi connectivity index (χ2v) is 6.28. The molecule has 0 N–H and O–H groups in total. The van der Waals surface area contributed by atoms with Gasteiger partial charge in [-0.3, -0.25) is 4.79 Å². The van der Waals surface area contributed by atoms with Gasteiger partial charge in [-0.05, 0) is 44.7 Å². The van der Waals surface area contributed by atoms with Gasteiger partial charge in [-0.2, -0.15) is 0 Å². The van der Waals surface area contributed by atoms with E-state index in [0.29, 0.717) is 23.9 Å². The first-order chi connectivity index (χ1) is 11.7. The Kier molecular flexibility index (Phi) is 5.13. The van der Waals surface area contributed by atoms with Gasteiger partial charge >= 0.3 is 0 Å². The topological polar surface area (TPSA) is 62.5 Å². The molecule has 0 radical (unpaired) electrons. The third-order valence-corrected chi connectivity index (χ3v) is 4.58. The molecule has 1 fully saturated rings. The van der Waals surface area contributed by atoms with E-state index in [4.69, 9.17) is 4.52 Å². The van der Waals surface area contributed by atoms with E-state index in [-0.39, 0.29) is 5.91 Å². The second-order valence-electron chi connectivity index (χ2n) is 6.28. The van der Waals surface area contributed by atoms with Crippen molar-refractivity contribution in [3.63, 3.8) is 0 Å². The first-order valence-electron chi connectivity index (χ1n) is 8.56. The van der Waals surface area contributed by atoms with Gasteiger partial charge in [0.05, 0.1) is 0 Å². The summed E-state index contributed by atoms with van der Waals surface area (Å²) in [6.45, 7) is 7.23. The third-order valence-electron chi connectivity index (χ3n) is 4.58. The number of amides is 1. The third kappa shape index (κ3) is 3.75. The molecule has 1 saturated heterocycles. The van der Waals surface area contributed by atoms with E-state index >= 15 is 0 Å². The monoisotopic (exact) mass is 328 g/mol. The van der Waals surface area contributed by atoms with Crippen molar-refractivity contribution in [1.82, 2.24) is 15.0 Å². The van der Waals surface area contributed by atoms with Crippen molar-refractivity contribution < 1.29 is 9.32 Å². The lowest BCUT2D eigenvalue weighted by Crippen LogP contribution is -2.41. The van der Waals surface area contributed by atoms with Crippen LogP contribution in [0.2, 0.25) is 0 Å². The van der Waals surface area contributed by atoms with Gasteiger partial charge < -0.3 is 14.3 Å². The van der Waals surface area contributed by atoms with Gasteiger partial charge in [0.2, 0.25) is 0 Å². The summed E-state index contributed by atoms with van der Waals surface area (Å²) >= 11 is 0. The first kappa shape index (κ1) is 16.5. The molecule has 6 nitrogen and oxygen atoms in total. The minimum atomic E-state index is -0.0403. The molecule has 0 atom stereocenters. The predicted octanol–water partition coefficient (Wildman–Crippen LogP) is 2.76. The van der Waals surface area contributed by atoms with Gasteiger partial charge in [-0.15, -0.1) is 0 Å². The molecule has 128 valence electrons. The van der Waals surface area contributed by atoms with Gasteiger partial charge in [0.15, 0.2) is 5.69 Å². The van der Waals surface area contributed by atoms with Crippen molar-refractivity contribution in [3.05, 3.63) is 41.9 Å². The van der Waals surface area contributed by atoms with E-state index < -0.39 is 0 Å². The van der Waals surface area contributed by atoms with Crippen LogP contribution >= 0.6 is 0 Å². The Hall–Kier alpha value is -2.37. The molecule has 3 rings (SSSR count). The van der Waals surface area contributed by atoms with Crippen LogP contribution in [-0.2, 0) is 0 Å². The number of carbonyl (C=O) groups is 1. The molecule has 0 spiro atoms. The van der Waals surface area contributed by atoms with Crippen molar-refractivity contribution in [2.24, 2.45) is 5.92 Å². The van der Waals surface area contributed by atoms with E-state index in [1.807, 2.05) is 30.2 Å². The lowest BCUT2D eigenvalue weighted by Gasteiger charge is -2.35. The molecule has 1 amide bonds. The lowest BCUT2D eigenvalue weighted by molar-refractivity contribution is 0.0718. The highest BCUT2D eigenvalue weighted by Crippen LogP contribution is 2.22. The van der Waals surface area contributed by atoms with Crippen molar-refractivity contribution >= 4 is 11.7 Å².